The van der Waals surface area contributed by atoms with Crippen LogP contribution < -0.4 is 4.74 Å². The van der Waals surface area contributed by atoms with Crippen LogP contribution in [-0.2, 0) is 10.1 Å². The van der Waals surface area contributed by atoms with Crippen LogP contribution in [0.2, 0.25) is 0 Å². The Bertz CT molecular complexity index is 825. The van der Waals surface area contributed by atoms with Crippen LogP contribution in [0, 0.1) is 10.7 Å². The number of esters is 1. The van der Waals surface area contributed by atoms with E-state index in [-0.39, 0.29) is 17.8 Å². The first kappa shape index (κ1) is 18.4. The van der Waals surface area contributed by atoms with Gasteiger partial charge in [-0.05, 0) is 92.0 Å². The van der Waals surface area contributed by atoms with E-state index in [1.807, 2.05) is 28.7 Å². The second-order valence-corrected chi connectivity index (χ2v) is 8.91. The lowest BCUT2D eigenvalue weighted by molar-refractivity contribution is 0.0733. The smallest absolute Gasteiger partial charge is 0.344 e. The highest BCUT2D eigenvalue weighted by atomic mass is 127. The summed E-state index contributed by atoms with van der Waals surface area (Å²) in [5, 5.41) is 0. The zero-order chi connectivity index (χ0) is 16.5. The van der Waals surface area contributed by atoms with Gasteiger partial charge in [-0.3, -0.25) is 4.55 Å². The van der Waals surface area contributed by atoms with Crippen molar-refractivity contribution in [1.29, 1.82) is 0 Å². The minimum Gasteiger partial charge on any atom is -0.423 e. The van der Waals surface area contributed by atoms with E-state index in [0.29, 0.717) is 5.56 Å². The Morgan fingerprint density at radius 1 is 1.00 bits per heavy atom. The first-order valence-corrected chi connectivity index (χ1v) is 10.3. The number of rotatable bonds is 3. The van der Waals surface area contributed by atoms with Gasteiger partial charge in [0.15, 0.2) is 0 Å². The van der Waals surface area contributed by atoms with Crippen LogP contribution in [-0.4, -0.2) is 18.9 Å². The van der Waals surface area contributed by atoms with E-state index < -0.39 is 16.1 Å². The summed E-state index contributed by atoms with van der Waals surface area (Å²) in [4.78, 5) is 11.9. The van der Waals surface area contributed by atoms with Gasteiger partial charge in [-0.25, -0.2) is 4.79 Å². The maximum atomic E-state index is 12.1. The van der Waals surface area contributed by atoms with Gasteiger partial charge in [0.05, 0.1) is 5.56 Å². The van der Waals surface area contributed by atoms with E-state index in [2.05, 4.69) is 0 Å². The van der Waals surface area contributed by atoms with Gasteiger partial charge in [0.1, 0.15) is 10.6 Å². The van der Waals surface area contributed by atoms with Gasteiger partial charge in [0.25, 0.3) is 10.1 Å². The van der Waals surface area contributed by atoms with E-state index in [0.717, 1.165) is 3.57 Å². The Morgan fingerprint density at radius 2 is 1.55 bits per heavy atom. The lowest BCUT2D eigenvalue weighted by Gasteiger charge is -2.09. The van der Waals surface area contributed by atoms with Crippen LogP contribution >= 0.6 is 67.8 Å². The van der Waals surface area contributed by atoms with E-state index in [9.17, 15) is 17.8 Å². The summed E-state index contributed by atoms with van der Waals surface area (Å²) in [5.41, 5.74) is 0.423. The molecule has 0 aromatic heterocycles. The standard InChI is InChI=1S/C13H7I3O5S/c14-9-4-2-1-3-8(9)13(17)21-7-5-10(15)12(11(16)6-7)22(18,19)20/h1-6H,(H,18,19,20). The summed E-state index contributed by atoms with van der Waals surface area (Å²) in [6.07, 6.45) is 0. The molecule has 2 aromatic carbocycles. The van der Waals surface area contributed by atoms with Crippen molar-refractivity contribution in [2.75, 3.05) is 0 Å². The summed E-state index contributed by atoms with van der Waals surface area (Å²) < 4.78 is 38.4. The third kappa shape index (κ3) is 4.30. The first-order valence-electron chi connectivity index (χ1n) is 5.63. The monoisotopic (exact) mass is 656 g/mol. The molecule has 0 amide bonds. The van der Waals surface area contributed by atoms with Gasteiger partial charge in [0.2, 0.25) is 0 Å². The normalized spacial score (nSPS) is 11.3. The molecular weight excluding hydrogens is 649 g/mol. The van der Waals surface area contributed by atoms with Crippen LogP contribution in [0.15, 0.2) is 41.3 Å². The highest BCUT2D eigenvalue weighted by Gasteiger charge is 2.21. The zero-order valence-corrected chi connectivity index (χ0v) is 17.9. The molecule has 9 heteroatoms. The van der Waals surface area contributed by atoms with Crippen LogP contribution in [0.3, 0.4) is 0 Å². The molecule has 0 heterocycles. The molecule has 0 unspecified atom stereocenters. The number of benzene rings is 2. The molecule has 0 spiro atoms. The van der Waals surface area contributed by atoms with Crippen LogP contribution in [0.25, 0.3) is 0 Å². The van der Waals surface area contributed by atoms with E-state index >= 15 is 0 Å². The fraction of sp³-hybridized carbons (Fsp3) is 0. The molecule has 2 aromatic rings. The molecule has 0 aliphatic rings. The fourth-order valence-corrected chi connectivity index (χ4v) is 6.23. The predicted molar refractivity (Wildman–Crippen MR) is 106 cm³/mol. The third-order valence-corrected chi connectivity index (χ3v) is 6.86. The summed E-state index contributed by atoms with van der Waals surface area (Å²) in [7, 11) is -4.32. The van der Waals surface area contributed by atoms with E-state index in [1.54, 1.807) is 63.4 Å². The Hall–Kier alpha value is 0.01000. The Kier molecular flexibility index (Phi) is 6.07. The number of halogens is 3. The molecule has 0 fully saturated rings. The number of ether oxygens (including phenoxy) is 1. The molecule has 22 heavy (non-hydrogen) atoms. The van der Waals surface area contributed by atoms with Crippen LogP contribution in [0.1, 0.15) is 10.4 Å². The van der Waals surface area contributed by atoms with Gasteiger partial charge < -0.3 is 4.74 Å². The predicted octanol–water partition coefficient (Wildman–Crippen LogP) is 3.97. The summed E-state index contributed by atoms with van der Waals surface area (Å²) in [6, 6.07) is 9.75. The molecule has 1 N–H and O–H groups in total. The summed E-state index contributed by atoms with van der Waals surface area (Å²) >= 11 is 5.57. The van der Waals surface area contributed by atoms with Crippen molar-refractivity contribution in [1.82, 2.24) is 0 Å². The Labute approximate surface area is 168 Å². The summed E-state index contributed by atoms with van der Waals surface area (Å²) in [5.74, 6) is -0.318. The largest absolute Gasteiger partial charge is 0.423 e. The number of carbonyl (C=O) groups is 1. The molecule has 2 rings (SSSR count). The SMILES string of the molecule is O=C(Oc1cc(I)c(S(=O)(=O)O)c(I)c1)c1ccccc1I. The molecule has 0 aliphatic carbocycles. The van der Waals surface area contributed by atoms with Crippen molar-refractivity contribution in [3.8, 4) is 5.75 Å². The molecule has 0 saturated carbocycles. The second-order valence-electron chi connectivity index (χ2n) is 4.06. The highest BCUT2D eigenvalue weighted by molar-refractivity contribution is 14.1. The van der Waals surface area contributed by atoms with Gasteiger partial charge >= 0.3 is 5.97 Å². The summed E-state index contributed by atoms with van der Waals surface area (Å²) in [6.45, 7) is 0. The maximum absolute atomic E-state index is 12.1. The molecule has 0 radical (unpaired) electrons. The van der Waals surface area contributed by atoms with Gasteiger partial charge in [-0.1, -0.05) is 12.1 Å². The molecule has 5 nitrogen and oxygen atoms in total. The zero-order valence-electron chi connectivity index (χ0n) is 10.6. The third-order valence-electron chi connectivity index (χ3n) is 2.53. The molecular formula is C13H7I3O5S. The lowest BCUT2D eigenvalue weighted by atomic mass is 10.2. The fourth-order valence-electron chi connectivity index (χ4n) is 1.63. The molecule has 116 valence electrons. The van der Waals surface area contributed by atoms with E-state index in [4.69, 9.17) is 4.74 Å². The van der Waals surface area contributed by atoms with Gasteiger partial charge in [0, 0.05) is 10.7 Å². The Morgan fingerprint density at radius 3 is 2.05 bits per heavy atom. The number of carbonyl (C=O) groups excluding carboxylic acids is 1. The van der Waals surface area contributed by atoms with Crippen molar-refractivity contribution in [3.05, 3.63) is 52.7 Å². The van der Waals surface area contributed by atoms with Crippen molar-refractivity contribution in [2.45, 2.75) is 4.90 Å². The molecule has 0 atom stereocenters. The van der Waals surface area contributed by atoms with Crippen molar-refractivity contribution < 1.29 is 22.5 Å². The molecule has 0 bridgehead atoms. The minimum absolute atomic E-state index is 0.192. The van der Waals surface area contributed by atoms with Gasteiger partial charge in [-0.2, -0.15) is 8.42 Å². The quantitative estimate of drug-likeness (QED) is 0.235. The van der Waals surface area contributed by atoms with Crippen molar-refractivity contribution in [2.24, 2.45) is 0 Å². The Balaban J connectivity index is 2.36. The molecule has 0 saturated heterocycles. The topological polar surface area (TPSA) is 80.7 Å². The number of hydrogen-bond acceptors (Lipinski definition) is 4. The van der Waals surface area contributed by atoms with Crippen molar-refractivity contribution >= 4 is 83.9 Å². The minimum atomic E-state index is -4.32. The second kappa shape index (κ2) is 7.27. The highest BCUT2D eigenvalue weighted by Crippen LogP contribution is 2.29. The maximum Gasteiger partial charge on any atom is 0.344 e. The van der Waals surface area contributed by atoms with Crippen LogP contribution in [0.4, 0.5) is 0 Å². The lowest BCUT2D eigenvalue weighted by Crippen LogP contribution is -2.11. The molecule has 0 aliphatic heterocycles. The van der Waals surface area contributed by atoms with Crippen molar-refractivity contribution in [3.63, 3.8) is 0 Å². The average molecular weight is 656 g/mol. The van der Waals surface area contributed by atoms with Crippen LogP contribution in [0.5, 0.6) is 5.75 Å². The first-order chi connectivity index (χ1) is 10.2. The average Bonchev–Trinajstić information content (AvgIpc) is 2.36. The number of hydrogen-bond donors (Lipinski definition) is 1. The van der Waals surface area contributed by atoms with E-state index in [1.165, 1.54) is 12.1 Å². The van der Waals surface area contributed by atoms with Gasteiger partial charge in [-0.15, -0.1) is 0 Å².